The van der Waals surface area contributed by atoms with Gasteiger partial charge >= 0.3 is 0 Å². The fourth-order valence-corrected chi connectivity index (χ4v) is 2.27. The van der Waals surface area contributed by atoms with Crippen molar-refractivity contribution in [2.45, 2.75) is 11.8 Å². The van der Waals surface area contributed by atoms with Crippen molar-refractivity contribution in [1.29, 1.82) is 0 Å². The van der Waals surface area contributed by atoms with Crippen LogP contribution in [0.2, 0.25) is 0 Å². The third-order valence-electron chi connectivity index (χ3n) is 2.27. The molecule has 0 heterocycles. The molecule has 0 aliphatic heterocycles. The molecule has 0 atom stereocenters. The Bertz CT molecular complexity index is 615. The Morgan fingerprint density at radius 3 is 2.53 bits per heavy atom. The molecule has 2 aromatic carbocycles. The number of aryl methyl sites for hydroxylation is 1. The lowest BCUT2D eigenvalue weighted by Gasteiger charge is -2.10. The van der Waals surface area contributed by atoms with Gasteiger partial charge in [-0.15, -0.1) is 0 Å². The second-order valence-corrected chi connectivity index (χ2v) is 4.78. The molecule has 0 aliphatic carbocycles. The van der Waals surface area contributed by atoms with Crippen LogP contribution in [0.4, 0.5) is 0 Å². The minimum atomic E-state index is -4.40. The van der Waals surface area contributed by atoms with Gasteiger partial charge in [0.05, 0.1) is 4.90 Å². The molecule has 0 saturated carbocycles. The lowest BCUT2D eigenvalue weighted by molar-refractivity contribution is 0.464. The molecule has 0 amide bonds. The summed E-state index contributed by atoms with van der Waals surface area (Å²) in [6.45, 7) is 1.85. The lowest BCUT2D eigenvalue weighted by Crippen LogP contribution is -1.99. The van der Waals surface area contributed by atoms with Crippen molar-refractivity contribution >= 4 is 20.9 Å². The minimum absolute atomic E-state index is 0.149. The summed E-state index contributed by atoms with van der Waals surface area (Å²) >= 11 is 0. The maximum absolute atomic E-state index is 11.0. The van der Waals surface area contributed by atoms with Crippen molar-refractivity contribution in [3.63, 3.8) is 0 Å². The lowest BCUT2D eigenvalue weighted by atomic mass is 10.1. The topological polar surface area (TPSA) is 57.2 Å². The van der Waals surface area contributed by atoms with E-state index in [9.17, 15) is 13.0 Å². The van der Waals surface area contributed by atoms with E-state index in [4.69, 9.17) is 0 Å². The highest BCUT2D eigenvalue weighted by atomic mass is 32.2. The molecule has 0 radical (unpaired) electrons. The molecular formula is C11H9O3S-. The number of rotatable bonds is 1. The van der Waals surface area contributed by atoms with Crippen LogP contribution in [-0.4, -0.2) is 13.0 Å². The summed E-state index contributed by atoms with van der Waals surface area (Å²) < 4.78 is 33.0. The summed E-state index contributed by atoms with van der Waals surface area (Å²) in [7, 11) is -4.40. The van der Waals surface area contributed by atoms with E-state index in [-0.39, 0.29) is 4.90 Å². The average molecular weight is 221 g/mol. The minimum Gasteiger partial charge on any atom is -0.744 e. The first kappa shape index (κ1) is 10.1. The Balaban J connectivity index is 2.92. The molecule has 0 aromatic heterocycles. The molecule has 0 bridgehead atoms. The van der Waals surface area contributed by atoms with E-state index in [1.165, 1.54) is 6.07 Å². The molecule has 4 heteroatoms. The molecular weight excluding hydrogens is 212 g/mol. The zero-order valence-electron chi connectivity index (χ0n) is 8.10. The summed E-state index contributed by atoms with van der Waals surface area (Å²) in [5.41, 5.74) is 0.929. The molecule has 0 spiro atoms. The summed E-state index contributed by atoms with van der Waals surface area (Å²) in [5.74, 6) is 0. The first-order chi connectivity index (χ1) is 6.98. The Morgan fingerprint density at radius 2 is 1.87 bits per heavy atom. The SMILES string of the molecule is Cc1ccc2cccc(S(=O)(=O)[O-])c2c1. The number of hydrogen-bond acceptors (Lipinski definition) is 3. The van der Waals surface area contributed by atoms with Gasteiger partial charge in [0, 0.05) is 0 Å². The van der Waals surface area contributed by atoms with Crippen molar-refractivity contribution in [2.75, 3.05) is 0 Å². The van der Waals surface area contributed by atoms with E-state index in [0.717, 1.165) is 10.9 Å². The first-order valence-corrected chi connectivity index (χ1v) is 5.84. The highest BCUT2D eigenvalue weighted by molar-refractivity contribution is 7.86. The Labute approximate surface area is 88.1 Å². The van der Waals surface area contributed by atoms with E-state index in [0.29, 0.717) is 5.39 Å². The van der Waals surface area contributed by atoms with Crippen LogP contribution in [0.3, 0.4) is 0 Å². The van der Waals surface area contributed by atoms with Crippen LogP contribution in [0, 0.1) is 6.92 Å². The van der Waals surface area contributed by atoms with Gasteiger partial charge in [0.25, 0.3) is 0 Å². The van der Waals surface area contributed by atoms with Gasteiger partial charge in [-0.3, -0.25) is 0 Å². The van der Waals surface area contributed by atoms with Crippen molar-refractivity contribution in [3.8, 4) is 0 Å². The molecule has 0 fully saturated rings. The Morgan fingerprint density at radius 1 is 1.13 bits per heavy atom. The van der Waals surface area contributed by atoms with E-state index in [2.05, 4.69) is 0 Å². The van der Waals surface area contributed by atoms with Crippen molar-refractivity contribution in [2.24, 2.45) is 0 Å². The molecule has 78 valence electrons. The Hall–Kier alpha value is -1.39. The largest absolute Gasteiger partial charge is 0.744 e. The first-order valence-electron chi connectivity index (χ1n) is 4.44. The molecule has 3 nitrogen and oxygen atoms in total. The highest BCUT2D eigenvalue weighted by Crippen LogP contribution is 2.23. The summed E-state index contributed by atoms with van der Waals surface area (Å²) in [4.78, 5) is -0.149. The molecule has 0 N–H and O–H groups in total. The predicted molar refractivity (Wildman–Crippen MR) is 56.6 cm³/mol. The Kier molecular flexibility index (Phi) is 2.25. The van der Waals surface area contributed by atoms with Gasteiger partial charge in [-0.1, -0.05) is 35.9 Å². The van der Waals surface area contributed by atoms with Gasteiger partial charge in [0.2, 0.25) is 0 Å². The zero-order chi connectivity index (χ0) is 11.1. The summed E-state index contributed by atoms with van der Waals surface area (Å²) in [6.07, 6.45) is 0. The van der Waals surface area contributed by atoms with Gasteiger partial charge in [-0.25, -0.2) is 8.42 Å². The molecule has 15 heavy (non-hydrogen) atoms. The van der Waals surface area contributed by atoms with E-state index >= 15 is 0 Å². The van der Waals surface area contributed by atoms with Crippen LogP contribution in [0.15, 0.2) is 41.3 Å². The average Bonchev–Trinajstić information content (AvgIpc) is 2.15. The van der Waals surface area contributed by atoms with E-state index in [1.807, 2.05) is 13.0 Å². The van der Waals surface area contributed by atoms with Crippen LogP contribution in [0.5, 0.6) is 0 Å². The normalized spacial score (nSPS) is 11.9. The molecule has 2 aromatic rings. The van der Waals surface area contributed by atoms with Crippen molar-refractivity contribution < 1.29 is 13.0 Å². The van der Waals surface area contributed by atoms with E-state index < -0.39 is 10.1 Å². The molecule has 0 unspecified atom stereocenters. The van der Waals surface area contributed by atoms with Crippen molar-refractivity contribution in [1.82, 2.24) is 0 Å². The van der Waals surface area contributed by atoms with Crippen LogP contribution in [0.1, 0.15) is 5.56 Å². The third-order valence-corrected chi connectivity index (χ3v) is 3.16. The molecule has 0 saturated heterocycles. The van der Waals surface area contributed by atoms with Gasteiger partial charge in [0.1, 0.15) is 10.1 Å². The van der Waals surface area contributed by atoms with Crippen LogP contribution < -0.4 is 0 Å². The third kappa shape index (κ3) is 1.86. The van der Waals surface area contributed by atoms with Gasteiger partial charge in [0.15, 0.2) is 0 Å². The second-order valence-electron chi connectivity index (χ2n) is 3.43. The van der Waals surface area contributed by atoms with Gasteiger partial charge in [-0.2, -0.15) is 0 Å². The van der Waals surface area contributed by atoms with Crippen LogP contribution in [-0.2, 0) is 10.1 Å². The number of benzene rings is 2. The number of hydrogen-bond donors (Lipinski definition) is 0. The summed E-state index contributed by atoms with van der Waals surface area (Å²) in [5, 5.41) is 1.25. The van der Waals surface area contributed by atoms with Gasteiger partial charge < -0.3 is 4.55 Å². The maximum Gasteiger partial charge on any atom is 0.125 e. The smallest absolute Gasteiger partial charge is 0.125 e. The number of fused-ring (bicyclic) bond motifs is 1. The zero-order valence-corrected chi connectivity index (χ0v) is 8.91. The monoisotopic (exact) mass is 221 g/mol. The maximum atomic E-state index is 11.0. The van der Waals surface area contributed by atoms with E-state index in [1.54, 1.807) is 24.3 Å². The van der Waals surface area contributed by atoms with Crippen LogP contribution in [0.25, 0.3) is 10.8 Å². The van der Waals surface area contributed by atoms with Gasteiger partial charge in [-0.05, 0) is 23.8 Å². The molecule has 2 rings (SSSR count). The van der Waals surface area contributed by atoms with Crippen molar-refractivity contribution in [3.05, 3.63) is 42.0 Å². The predicted octanol–water partition coefficient (Wildman–Crippen LogP) is 2.05. The second kappa shape index (κ2) is 3.32. The fourth-order valence-electron chi connectivity index (χ4n) is 1.58. The standard InChI is InChI=1S/C11H10O3S/c1-8-5-6-9-3-2-4-11(10(9)7-8)15(12,13)14/h2-7H,1H3,(H,12,13,14)/p-1. The quantitative estimate of drug-likeness (QED) is 0.692. The molecule has 0 aliphatic rings. The summed E-state index contributed by atoms with van der Waals surface area (Å²) in [6, 6.07) is 10.1. The highest BCUT2D eigenvalue weighted by Gasteiger charge is 2.06. The van der Waals surface area contributed by atoms with Crippen LogP contribution >= 0.6 is 0 Å². The fraction of sp³-hybridized carbons (Fsp3) is 0.0909.